The monoisotopic (exact) mass is 284 g/mol. The van der Waals surface area contributed by atoms with Crippen molar-refractivity contribution in [3.05, 3.63) is 48.5 Å². The molecule has 1 aromatic heterocycles. The minimum Gasteiger partial charge on any atom is -0.504 e. The lowest BCUT2D eigenvalue weighted by Gasteiger charge is -1.98. The van der Waals surface area contributed by atoms with Crippen LogP contribution >= 0.6 is 11.3 Å². The minimum atomic E-state index is 0.178. The molecule has 100 valence electrons. The molecule has 1 N–H and O–H groups in total. The Bertz CT molecular complexity index is 780. The number of ether oxygens (including phenoxy) is 1. The number of azo groups is 1. The number of hydrogen-bond acceptors (Lipinski definition) is 5. The molecular weight excluding hydrogens is 272 g/mol. The third-order valence-corrected chi connectivity index (χ3v) is 3.91. The summed E-state index contributed by atoms with van der Waals surface area (Å²) >= 11 is 1.41. The molecule has 0 saturated carbocycles. The van der Waals surface area contributed by atoms with Crippen LogP contribution in [-0.2, 0) is 0 Å². The van der Waals surface area contributed by atoms with Gasteiger partial charge in [-0.1, -0.05) is 18.2 Å². The van der Waals surface area contributed by atoms with Crippen molar-refractivity contribution in [1.29, 1.82) is 0 Å². The SMILES string of the molecule is COc1cccc(N=Nc2sc3ccccc3c2O)c1. The van der Waals surface area contributed by atoms with Crippen molar-refractivity contribution in [2.45, 2.75) is 0 Å². The Morgan fingerprint density at radius 1 is 1.05 bits per heavy atom. The van der Waals surface area contributed by atoms with Crippen LogP contribution in [0.15, 0.2) is 58.8 Å². The van der Waals surface area contributed by atoms with Gasteiger partial charge >= 0.3 is 0 Å². The van der Waals surface area contributed by atoms with E-state index >= 15 is 0 Å². The standard InChI is InChI=1S/C15H12N2O2S/c1-19-11-6-4-5-10(9-11)16-17-15-14(18)12-7-2-3-8-13(12)20-15/h2-9,18H,1H3. The molecule has 0 unspecified atom stereocenters. The summed E-state index contributed by atoms with van der Waals surface area (Å²) in [6.45, 7) is 0. The van der Waals surface area contributed by atoms with Gasteiger partial charge < -0.3 is 9.84 Å². The average Bonchev–Trinajstić information content (AvgIpc) is 2.82. The highest BCUT2D eigenvalue weighted by Gasteiger charge is 2.09. The number of nitrogens with zero attached hydrogens (tertiary/aromatic N) is 2. The van der Waals surface area contributed by atoms with E-state index in [0.717, 1.165) is 15.8 Å². The Balaban J connectivity index is 1.95. The van der Waals surface area contributed by atoms with Crippen LogP contribution in [0.2, 0.25) is 0 Å². The Morgan fingerprint density at radius 2 is 1.90 bits per heavy atom. The number of methoxy groups -OCH3 is 1. The second-order valence-corrected chi connectivity index (χ2v) is 5.18. The lowest BCUT2D eigenvalue weighted by molar-refractivity contribution is 0.415. The number of hydrogen-bond donors (Lipinski definition) is 1. The van der Waals surface area contributed by atoms with Crippen LogP contribution < -0.4 is 4.74 Å². The second kappa shape index (κ2) is 5.30. The van der Waals surface area contributed by atoms with Gasteiger partial charge in [-0.2, -0.15) is 0 Å². The third kappa shape index (κ3) is 2.35. The second-order valence-electron chi connectivity index (χ2n) is 4.15. The van der Waals surface area contributed by atoms with Crippen LogP contribution in [0, 0.1) is 0 Å². The number of benzene rings is 2. The van der Waals surface area contributed by atoms with E-state index in [1.165, 1.54) is 11.3 Å². The number of aromatic hydroxyl groups is 1. The first-order chi connectivity index (χ1) is 9.78. The predicted octanol–water partition coefficient (Wildman–Crippen LogP) is 5.03. The van der Waals surface area contributed by atoms with Crippen molar-refractivity contribution < 1.29 is 9.84 Å². The van der Waals surface area contributed by atoms with E-state index in [-0.39, 0.29) is 5.75 Å². The summed E-state index contributed by atoms with van der Waals surface area (Å²) in [5.41, 5.74) is 0.682. The van der Waals surface area contributed by atoms with Gasteiger partial charge in [-0.15, -0.1) is 21.6 Å². The molecule has 0 aliphatic carbocycles. The van der Waals surface area contributed by atoms with Crippen LogP contribution in [0.3, 0.4) is 0 Å². The van der Waals surface area contributed by atoms with E-state index in [4.69, 9.17) is 4.74 Å². The topological polar surface area (TPSA) is 54.2 Å². The first kappa shape index (κ1) is 12.6. The minimum absolute atomic E-state index is 0.178. The van der Waals surface area contributed by atoms with Crippen molar-refractivity contribution in [2.75, 3.05) is 7.11 Å². The predicted molar refractivity (Wildman–Crippen MR) is 80.7 cm³/mol. The summed E-state index contributed by atoms with van der Waals surface area (Å²) in [5.74, 6) is 0.902. The summed E-state index contributed by atoms with van der Waals surface area (Å²) < 4.78 is 6.12. The summed E-state index contributed by atoms with van der Waals surface area (Å²) in [6, 6.07) is 14.9. The maximum absolute atomic E-state index is 10.1. The van der Waals surface area contributed by atoms with Gasteiger partial charge in [0.05, 0.1) is 12.8 Å². The van der Waals surface area contributed by atoms with Crippen LogP contribution in [-0.4, -0.2) is 12.2 Å². The molecule has 1 heterocycles. The number of thiophene rings is 1. The number of fused-ring (bicyclic) bond motifs is 1. The van der Waals surface area contributed by atoms with Crippen LogP contribution in [0.4, 0.5) is 10.7 Å². The van der Waals surface area contributed by atoms with E-state index in [2.05, 4.69) is 10.2 Å². The molecule has 0 atom stereocenters. The molecule has 0 aliphatic heterocycles. The van der Waals surface area contributed by atoms with Gasteiger partial charge in [0.25, 0.3) is 0 Å². The molecule has 2 aromatic carbocycles. The maximum atomic E-state index is 10.1. The van der Waals surface area contributed by atoms with Crippen LogP contribution in [0.5, 0.6) is 11.5 Å². The normalized spacial score (nSPS) is 11.2. The fourth-order valence-electron chi connectivity index (χ4n) is 1.86. The molecule has 20 heavy (non-hydrogen) atoms. The first-order valence-corrected chi connectivity index (χ1v) is 6.86. The third-order valence-electron chi connectivity index (χ3n) is 2.86. The fourth-order valence-corrected chi connectivity index (χ4v) is 2.78. The zero-order valence-corrected chi connectivity index (χ0v) is 11.6. The lowest BCUT2D eigenvalue weighted by Crippen LogP contribution is -1.79. The Hall–Kier alpha value is -2.40. The first-order valence-electron chi connectivity index (χ1n) is 6.04. The Kier molecular flexibility index (Phi) is 3.35. The fraction of sp³-hybridized carbons (Fsp3) is 0.0667. The smallest absolute Gasteiger partial charge is 0.181 e. The van der Waals surface area contributed by atoms with Gasteiger partial charge in [-0.25, -0.2) is 0 Å². The zero-order chi connectivity index (χ0) is 13.9. The van der Waals surface area contributed by atoms with Gasteiger partial charge in [0.15, 0.2) is 10.8 Å². The Labute approximate surface area is 120 Å². The molecular formula is C15H12N2O2S. The van der Waals surface area contributed by atoms with Gasteiger partial charge in [-0.05, 0) is 24.3 Å². The molecule has 3 aromatic rings. The summed E-state index contributed by atoms with van der Waals surface area (Å²) in [4.78, 5) is 0. The van der Waals surface area contributed by atoms with Crippen LogP contribution in [0.25, 0.3) is 10.1 Å². The largest absolute Gasteiger partial charge is 0.504 e. The quantitative estimate of drug-likeness (QED) is 0.686. The van der Waals surface area contributed by atoms with E-state index in [1.807, 2.05) is 42.5 Å². The highest BCUT2D eigenvalue weighted by Crippen LogP contribution is 2.43. The van der Waals surface area contributed by atoms with Gasteiger partial charge in [0.2, 0.25) is 0 Å². The maximum Gasteiger partial charge on any atom is 0.181 e. The lowest BCUT2D eigenvalue weighted by atomic mass is 10.2. The molecule has 3 rings (SSSR count). The zero-order valence-electron chi connectivity index (χ0n) is 10.8. The molecule has 0 amide bonds. The summed E-state index contributed by atoms with van der Waals surface area (Å²) in [5, 5.41) is 19.7. The van der Waals surface area contributed by atoms with Crippen molar-refractivity contribution in [3.63, 3.8) is 0 Å². The van der Waals surface area contributed by atoms with Crippen molar-refractivity contribution >= 4 is 32.1 Å². The summed E-state index contributed by atoms with van der Waals surface area (Å²) in [6.07, 6.45) is 0. The van der Waals surface area contributed by atoms with E-state index in [1.54, 1.807) is 13.2 Å². The highest BCUT2D eigenvalue weighted by molar-refractivity contribution is 7.23. The van der Waals surface area contributed by atoms with Crippen molar-refractivity contribution in [1.82, 2.24) is 0 Å². The molecule has 0 aliphatic rings. The van der Waals surface area contributed by atoms with Crippen molar-refractivity contribution in [3.8, 4) is 11.5 Å². The highest BCUT2D eigenvalue weighted by atomic mass is 32.1. The summed E-state index contributed by atoms with van der Waals surface area (Å²) in [7, 11) is 1.61. The molecule has 4 nitrogen and oxygen atoms in total. The van der Waals surface area contributed by atoms with Gasteiger partial charge in [0, 0.05) is 16.2 Å². The average molecular weight is 284 g/mol. The van der Waals surface area contributed by atoms with E-state index in [9.17, 15) is 5.11 Å². The molecule has 0 fully saturated rings. The van der Waals surface area contributed by atoms with Gasteiger partial charge in [0.1, 0.15) is 5.75 Å². The van der Waals surface area contributed by atoms with E-state index in [0.29, 0.717) is 10.7 Å². The van der Waals surface area contributed by atoms with Crippen molar-refractivity contribution in [2.24, 2.45) is 10.2 Å². The van der Waals surface area contributed by atoms with Gasteiger partial charge in [-0.3, -0.25) is 0 Å². The Morgan fingerprint density at radius 3 is 2.70 bits per heavy atom. The van der Waals surface area contributed by atoms with E-state index < -0.39 is 0 Å². The molecule has 5 heteroatoms. The molecule has 0 saturated heterocycles. The van der Waals surface area contributed by atoms with Crippen LogP contribution in [0.1, 0.15) is 0 Å². The number of rotatable bonds is 3. The molecule has 0 bridgehead atoms. The molecule has 0 spiro atoms. The molecule has 0 radical (unpaired) electrons.